The molecule has 0 spiro atoms. The second-order valence-corrected chi connectivity index (χ2v) is 6.18. The van der Waals surface area contributed by atoms with E-state index in [-0.39, 0.29) is 5.41 Å². The maximum absolute atomic E-state index is 4.70. The average Bonchev–Trinajstić information content (AvgIpc) is 3.09. The highest BCUT2D eigenvalue weighted by Gasteiger charge is 2.21. The van der Waals surface area contributed by atoms with Crippen LogP contribution in [-0.4, -0.2) is 17.6 Å². The summed E-state index contributed by atoms with van der Waals surface area (Å²) in [7, 11) is 0. The highest BCUT2D eigenvalue weighted by molar-refractivity contribution is 5.41. The molecule has 2 rings (SSSR count). The fourth-order valence-corrected chi connectivity index (χ4v) is 1.89. The molecule has 3 nitrogen and oxygen atoms in total. The molecule has 1 fully saturated rings. The first-order valence-electron chi connectivity index (χ1n) is 6.97. The molecule has 1 saturated carbocycles. The van der Waals surface area contributed by atoms with Crippen LogP contribution in [-0.2, 0) is 12.0 Å². The van der Waals surface area contributed by atoms with E-state index in [2.05, 4.69) is 50.5 Å². The third-order valence-corrected chi connectivity index (χ3v) is 3.18. The van der Waals surface area contributed by atoms with Crippen LogP contribution in [0.5, 0.6) is 0 Å². The topological polar surface area (TPSA) is 37.0 Å². The van der Waals surface area contributed by atoms with Crippen LogP contribution in [0.1, 0.15) is 51.8 Å². The minimum absolute atomic E-state index is 0.0970. The van der Waals surface area contributed by atoms with E-state index in [0.29, 0.717) is 0 Å². The summed E-state index contributed by atoms with van der Waals surface area (Å²) in [5, 5.41) is 6.89. The summed E-state index contributed by atoms with van der Waals surface area (Å²) >= 11 is 0. The Bertz CT molecular complexity index is 403. The third-order valence-electron chi connectivity index (χ3n) is 3.18. The van der Waals surface area contributed by atoms with Gasteiger partial charge in [0.05, 0.1) is 0 Å². The molecule has 100 valence electrons. The Labute approximate surface area is 110 Å². The Morgan fingerprint density at radius 1 is 1.28 bits per heavy atom. The summed E-state index contributed by atoms with van der Waals surface area (Å²) in [5.41, 5.74) is 2.59. The average molecular weight is 247 g/mol. The van der Waals surface area contributed by atoms with E-state index in [9.17, 15) is 0 Å². The van der Waals surface area contributed by atoms with Crippen LogP contribution in [0.2, 0.25) is 0 Å². The predicted octanol–water partition coefficient (Wildman–Crippen LogP) is 3.06. The largest absolute Gasteiger partial charge is 0.370 e. The second-order valence-electron chi connectivity index (χ2n) is 6.18. The molecule has 0 aromatic carbocycles. The maximum atomic E-state index is 4.70. The van der Waals surface area contributed by atoms with Crippen molar-refractivity contribution in [1.29, 1.82) is 0 Å². The normalized spacial score (nSPS) is 15.8. The van der Waals surface area contributed by atoms with E-state index in [0.717, 1.165) is 30.6 Å². The number of hydrogen-bond acceptors (Lipinski definition) is 3. The summed E-state index contributed by atoms with van der Waals surface area (Å²) in [5.74, 6) is 0.998. The van der Waals surface area contributed by atoms with E-state index < -0.39 is 0 Å². The first-order chi connectivity index (χ1) is 8.49. The van der Waals surface area contributed by atoms with Crippen LogP contribution in [0.4, 0.5) is 5.82 Å². The van der Waals surface area contributed by atoms with Gasteiger partial charge in [-0.2, -0.15) is 0 Å². The molecular weight excluding hydrogens is 222 g/mol. The maximum Gasteiger partial charge on any atom is 0.126 e. The van der Waals surface area contributed by atoms with Crippen molar-refractivity contribution in [2.75, 3.05) is 11.9 Å². The lowest BCUT2D eigenvalue weighted by Gasteiger charge is -2.20. The Balaban J connectivity index is 2.17. The molecule has 0 atom stereocenters. The first-order valence-corrected chi connectivity index (χ1v) is 6.97. The lowest BCUT2D eigenvalue weighted by atomic mass is 9.90. The van der Waals surface area contributed by atoms with Crippen molar-refractivity contribution in [3.05, 3.63) is 23.4 Å². The van der Waals surface area contributed by atoms with Gasteiger partial charge in [0.15, 0.2) is 0 Å². The smallest absolute Gasteiger partial charge is 0.126 e. The first kappa shape index (κ1) is 13.3. The van der Waals surface area contributed by atoms with E-state index in [1.807, 2.05) is 0 Å². The molecule has 0 unspecified atom stereocenters. The van der Waals surface area contributed by atoms with Gasteiger partial charge in [0.25, 0.3) is 0 Å². The molecule has 3 heteroatoms. The number of aromatic nitrogens is 1. The van der Waals surface area contributed by atoms with Crippen LogP contribution in [0, 0.1) is 0 Å². The van der Waals surface area contributed by atoms with E-state index >= 15 is 0 Å². The molecular formula is C15H25N3. The van der Waals surface area contributed by atoms with E-state index in [1.165, 1.54) is 18.4 Å². The molecule has 1 aliphatic carbocycles. The number of pyridine rings is 1. The quantitative estimate of drug-likeness (QED) is 0.839. The summed E-state index contributed by atoms with van der Waals surface area (Å²) in [6.07, 6.45) is 2.66. The molecule has 0 saturated heterocycles. The molecule has 1 aromatic heterocycles. The zero-order valence-corrected chi connectivity index (χ0v) is 12.0. The van der Waals surface area contributed by atoms with Crippen LogP contribution in [0.25, 0.3) is 0 Å². The van der Waals surface area contributed by atoms with Crippen LogP contribution >= 0.6 is 0 Å². The summed E-state index contributed by atoms with van der Waals surface area (Å²) < 4.78 is 0. The lowest BCUT2D eigenvalue weighted by Crippen LogP contribution is -2.19. The summed E-state index contributed by atoms with van der Waals surface area (Å²) in [4.78, 5) is 4.70. The molecule has 0 aliphatic heterocycles. The molecule has 0 bridgehead atoms. The Hall–Kier alpha value is -1.09. The highest BCUT2D eigenvalue weighted by Crippen LogP contribution is 2.24. The second kappa shape index (κ2) is 5.27. The van der Waals surface area contributed by atoms with Crippen molar-refractivity contribution in [2.45, 2.75) is 58.5 Å². The van der Waals surface area contributed by atoms with Gasteiger partial charge in [-0.15, -0.1) is 0 Å². The molecule has 0 amide bonds. The van der Waals surface area contributed by atoms with E-state index in [1.54, 1.807) is 0 Å². The Morgan fingerprint density at radius 2 is 2.00 bits per heavy atom. The van der Waals surface area contributed by atoms with Crippen molar-refractivity contribution in [2.24, 2.45) is 0 Å². The fraction of sp³-hybridized carbons (Fsp3) is 0.667. The minimum Gasteiger partial charge on any atom is -0.370 e. The predicted molar refractivity (Wildman–Crippen MR) is 77.0 cm³/mol. The number of rotatable bonds is 5. The third kappa shape index (κ3) is 3.70. The number of hydrogen-bond donors (Lipinski definition) is 2. The molecule has 2 N–H and O–H groups in total. The number of nitrogens with zero attached hydrogens (tertiary/aromatic N) is 1. The Kier molecular flexibility index (Phi) is 3.91. The van der Waals surface area contributed by atoms with Gasteiger partial charge in [-0.25, -0.2) is 4.98 Å². The lowest BCUT2D eigenvalue weighted by molar-refractivity contribution is 0.567. The van der Waals surface area contributed by atoms with Gasteiger partial charge in [0, 0.05) is 30.2 Å². The SMILES string of the molecule is CCNc1cc(CNC2CC2)cc(C(C)(C)C)n1. The van der Waals surface area contributed by atoms with Gasteiger partial charge >= 0.3 is 0 Å². The summed E-state index contributed by atoms with van der Waals surface area (Å²) in [6, 6.07) is 5.14. The van der Waals surface area contributed by atoms with Gasteiger partial charge in [-0.3, -0.25) is 0 Å². The molecule has 18 heavy (non-hydrogen) atoms. The van der Waals surface area contributed by atoms with Gasteiger partial charge in [0.1, 0.15) is 5.82 Å². The number of anilines is 1. The van der Waals surface area contributed by atoms with Gasteiger partial charge in [0.2, 0.25) is 0 Å². The monoisotopic (exact) mass is 247 g/mol. The zero-order chi connectivity index (χ0) is 13.2. The molecule has 0 radical (unpaired) electrons. The van der Waals surface area contributed by atoms with Crippen molar-refractivity contribution >= 4 is 5.82 Å². The minimum atomic E-state index is 0.0970. The molecule has 1 heterocycles. The van der Waals surface area contributed by atoms with Crippen molar-refractivity contribution in [3.8, 4) is 0 Å². The van der Waals surface area contributed by atoms with E-state index in [4.69, 9.17) is 4.98 Å². The van der Waals surface area contributed by atoms with Crippen molar-refractivity contribution < 1.29 is 0 Å². The summed E-state index contributed by atoms with van der Waals surface area (Å²) in [6.45, 7) is 10.6. The zero-order valence-electron chi connectivity index (χ0n) is 12.0. The van der Waals surface area contributed by atoms with Gasteiger partial charge in [-0.05, 0) is 37.5 Å². The van der Waals surface area contributed by atoms with Crippen LogP contribution in [0.3, 0.4) is 0 Å². The van der Waals surface area contributed by atoms with Gasteiger partial charge in [-0.1, -0.05) is 20.8 Å². The van der Waals surface area contributed by atoms with Crippen molar-refractivity contribution in [1.82, 2.24) is 10.3 Å². The highest BCUT2D eigenvalue weighted by atomic mass is 15.0. The van der Waals surface area contributed by atoms with Gasteiger partial charge < -0.3 is 10.6 Å². The molecule has 1 aromatic rings. The standard InChI is InChI=1S/C15H25N3/c1-5-16-14-9-11(10-17-12-6-7-12)8-13(18-14)15(2,3)4/h8-9,12,17H,5-7,10H2,1-4H3,(H,16,18). The Morgan fingerprint density at radius 3 is 2.56 bits per heavy atom. The van der Waals surface area contributed by atoms with Crippen LogP contribution in [0.15, 0.2) is 12.1 Å². The van der Waals surface area contributed by atoms with Crippen LogP contribution < -0.4 is 10.6 Å². The van der Waals surface area contributed by atoms with Crippen molar-refractivity contribution in [3.63, 3.8) is 0 Å². The fourth-order valence-electron chi connectivity index (χ4n) is 1.89. The number of nitrogens with one attached hydrogen (secondary N) is 2. The molecule has 1 aliphatic rings.